The Kier molecular flexibility index (Phi) is 9.68. The Balaban J connectivity index is 1.66. The fraction of sp³-hybridized carbons (Fsp3) is 0.500. The average molecular weight is 636 g/mol. The molecule has 240 valence electrons. The average Bonchev–Trinajstić information content (AvgIpc) is 3.23. The molecule has 0 spiro atoms. The summed E-state index contributed by atoms with van der Waals surface area (Å²) >= 11 is 0. The van der Waals surface area contributed by atoms with Gasteiger partial charge in [-0.15, -0.1) is 0 Å². The summed E-state index contributed by atoms with van der Waals surface area (Å²) in [6.45, 7) is 0.144. The van der Waals surface area contributed by atoms with E-state index in [1.54, 1.807) is 0 Å². The number of carbonyl (C=O) groups is 2. The Hall–Kier alpha value is -3.98. The number of rotatable bonds is 9. The summed E-state index contributed by atoms with van der Waals surface area (Å²) in [5.74, 6) is -3.06. The van der Waals surface area contributed by atoms with E-state index < -0.39 is 54.7 Å². The van der Waals surface area contributed by atoms with Gasteiger partial charge in [-0.2, -0.15) is 31.3 Å². The van der Waals surface area contributed by atoms with Crippen molar-refractivity contribution in [2.75, 3.05) is 6.61 Å². The molecule has 2 aromatic heterocycles. The molecule has 1 fully saturated rings. The fourth-order valence-electron chi connectivity index (χ4n) is 5.12. The second-order valence-corrected chi connectivity index (χ2v) is 10.6. The molecule has 16 heteroatoms. The summed E-state index contributed by atoms with van der Waals surface area (Å²) in [6.07, 6.45) is -12.6. The van der Waals surface area contributed by atoms with E-state index in [1.807, 2.05) is 0 Å². The number of halogens is 8. The lowest BCUT2D eigenvalue weighted by Gasteiger charge is -2.30. The van der Waals surface area contributed by atoms with Crippen LogP contribution in [0.4, 0.5) is 35.1 Å². The minimum absolute atomic E-state index is 0.00820. The van der Waals surface area contributed by atoms with E-state index in [9.17, 15) is 44.7 Å². The van der Waals surface area contributed by atoms with Crippen LogP contribution in [0.3, 0.4) is 0 Å². The van der Waals surface area contributed by atoms with Gasteiger partial charge in [-0.3, -0.25) is 9.59 Å². The number of hydrogen-bond acceptors (Lipinski definition) is 5. The van der Waals surface area contributed by atoms with Crippen molar-refractivity contribution in [2.45, 2.75) is 70.4 Å². The molecule has 2 amide bonds. The number of nitrogens with one attached hydrogen (secondary N) is 2. The number of nitrogens with zero attached hydrogens (tertiary/aromatic N) is 3. The third-order valence-electron chi connectivity index (χ3n) is 7.38. The van der Waals surface area contributed by atoms with Crippen LogP contribution in [0, 0.1) is 5.92 Å². The number of alkyl halides is 8. The zero-order valence-electron chi connectivity index (χ0n) is 23.6. The smallest absolute Gasteiger partial charge is 0.416 e. The standard InChI is InChI=1S/C28H29F8N5O3/c1-14(42)37-12-15-3-8-20(28(34,35)36)16(9-15)10-23-39-21-11-19(26(44-13-22(29)30)40-24(21)41(23)2)25(43)38-18-6-4-17(5-7-18)27(31,32)33/h3,8-9,11,17-18,22H,4-7,10,12-13H2,1-2H3,(H,37,42)(H,38,43). The van der Waals surface area contributed by atoms with E-state index in [0.29, 0.717) is 5.56 Å². The zero-order chi connectivity index (χ0) is 32.4. The van der Waals surface area contributed by atoms with Crippen LogP contribution in [0.2, 0.25) is 0 Å². The zero-order valence-corrected chi connectivity index (χ0v) is 23.6. The van der Waals surface area contributed by atoms with Crippen molar-refractivity contribution in [1.82, 2.24) is 25.2 Å². The number of hydrogen-bond donors (Lipinski definition) is 2. The SMILES string of the molecule is CC(=O)NCc1ccc(C(F)(F)F)c(Cc2nc3cc(C(=O)NC4CCC(C(F)(F)F)CC4)c(OCC(F)F)nc3n2C)c1. The highest BCUT2D eigenvalue weighted by molar-refractivity contribution is 5.99. The Morgan fingerprint density at radius 1 is 1.05 bits per heavy atom. The summed E-state index contributed by atoms with van der Waals surface area (Å²) in [6, 6.07) is 4.01. The maximum atomic E-state index is 13.8. The quantitative estimate of drug-likeness (QED) is 0.294. The van der Waals surface area contributed by atoms with Gasteiger partial charge in [0.1, 0.15) is 16.9 Å². The minimum Gasteiger partial charge on any atom is -0.471 e. The van der Waals surface area contributed by atoms with Gasteiger partial charge in [-0.25, -0.2) is 13.8 Å². The monoisotopic (exact) mass is 635 g/mol. The number of aryl methyl sites for hydroxylation is 1. The highest BCUT2D eigenvalue weighted by atomic mass is 19.4. The molecule has 0 atom stereocenters. The number of carbonyl (C=O) groups excluding carboxylic acids is 2. The summed E-state index contributed by atoms with van der Waals surface area (Å²) in [5.41, 5.74) is -0.874. The lowest BCUT2D eigenvalue weighted by molar-refractivity contribution is -0.182. The minimum atomic E-state index is -4.70. The van der Waals surface area contributed by atoms with Crippen molar-refractivity contribution in [1.29, 1.82) is 0 Å². The van der Waals surface area contributed by atoms with E-state index in [2.05, 4.69) is 20.6 Å². The molecule has 1 aliphatic rings. The second kappa shape index (κ2) is 12.9. The molecule has 0 saturated heterocycles. The lowest BCUT2D eigenvalue weighted by atomic mass is 9.85. The number of pyridine rings is 1. The number of imidazole rings is 1. The van der Waals surface area contributed by atoms with Gasteiger partial charge in [-0.1, -0.05) is 12.1 Å². The van der Waals surface area contributed by atoms with Crippen LogP contribution >= 0.6 is 0 Å². The Morgan fingerprint density at radius 2 is 1.73 bits per heavy atom. The molecule has 1 aromatic carbocycles. The topological polar surface area (TPSA) is 98.1 Å². The van der Waals surface area contributed by atoms with Crippen molar-refractivity contribution < 1.29 is 49.4 Å². The Bertz CT molecular complexity index is 1510. The molecule has 1 aliphatic carbocycles. The van der Waals surface area contributed by atoms with Gasteiger partial charge >= 0.3 is 12.4 Å². The van der Waals surface area contributed by atoms with Gasteiger partial charge in [0.15, 0.2) is 12.3 Å². The van der Waals surface area contributed by atoms with Crippen LogP contribution < -0.4 is 15.4 Å². The van der Waals surface area contributed by atoms with E-state index in [0.717, 1.165) is 6.07 Å². The number of aromatic nitrogens is 3. The maximum Gasteiger partial charge on any atom is 0.416 e. The first kappa shape index (κ1) is 32.9. The van der Waals surface area contributed by atoms with Crippen molar-refractivity contribution >= 4 is 23.0 Å². The lowest BCUT2D eigenvalue weighted by Crippen LogP contribution is -2.40. The third-order valence-corrected chi connectivity index (χ3v) is 7.38. The van der Waals surface area contributed by atoms with Crippen LogP contribution in [0.1, 0.15) is 65.5 Å². The molecule has 2 N–H and O–H groups in total. The highest BCUT2D eigenvalue weighted by Crippen LogP contribution is 2.38. The molecular weight excluding hydrogens is 606 g/mol. The predicted molar refractivity (Wildman–Crippen MR) is 141 cm³/mol. The van der Waals surface area contributed by atoms with Gasteiger partial charge in [0.2, 0.25) is 11.8 Å². The van der Waals surface area contributed by atoms with E-state index in [4.69, 9.17) is 4.74 Å². The van der Waals surface area contributed by atoms with Crippen molar-refractivity contribution in [3.05, 3.63) is 52.3 Å². The van der Waals surface area contributed by atoms with Crippen LogP contribution in [-0.2, 0) is 31.0 Å². The van der Waals surface area contributed by atoms with Crippen molar-refractivity contribution in [3.8, 4) is 5.88 Å². The van der Waals surface area contributed by atoms with Crippen molar-refractivity contribution in [2.24, 2.45) is 13.0 Å². The number of amides is 2. The van der Waals surface area contributed by atoms with Crippen LogP contribution in [-0.4, -0.2) is 51.6 Å². The van der Waals surface area contributed by atoms with Crippen LogP contribution in [0.25, 0.3) is 11.2 Å². The largest absolute Gasteiger partial charge is 0.471 e. The molecule has 8 nitrogen and oxygen atoms in total. The molecule has 0 aliphatic heterocycles. The Labute approximate surface area is 246 Å². The first-order valence-corrected chi connectivity index (χ1v) is 13.6. The summed E-state index contributed by atoms with van der Waals surface area (Å²) in [7, 11) is 1.45. The summed E-state index contributed by atoms with van der Waals surface area (Å²) in [4.78, 5) is 33.0. The summed E-state index contributed by atoms with van der Waals surface area (Å²) < 4.78 is 113. The van der Waals surface area contributed by atoms with Gasteiger partial charge in [0.05, 0.1) is 11.5 Å². The van der Waals surface area contributed by atoms with Crippen LogP contribution in [0.15, 0.2) is 24.3 Å². The molecule has 1 saturated carbocycles. The van der Waals surface area contributed by atoms with Gasteiger partial charge in [-0.05, 0) is 48.9 Å². The third kappa shape index (κ3) is 7.94. The summed E-state index contributed by atoms with van der Waals surface area (Å²) in [5, 5.41) is 5.13. The predicted octanol–water partition coefficient (Wildman–Crippen LogP) is 5.71. The van der Waals surface area contributed by atoms with E-state index in [1.165, 1.54) is 36.7 Å². The number of fused-ring (bicyclic) bond motifs is 1. The fourth-order valence-corrected chi connectivity index (χ4v) is 5.12. The van der Waals surface area contributed by atoms with Gasteiger partial charge < -0.3 is 19.9 Å². The molecule has 2 heterocycles. The molecule has 0 bridgehead atoms. The first-order valence-electron chi connectivity index (χ1n) is 13.6. The van der Waals surface area contributed by atoms with Gasteiger partial charge in [0, 0.05) is 33.0 Å². The maximum absolute atomic E-state index is 13.8. The number of benzene rings is 1. The number of ether oxygens (including phenoxy) is 1. The molecule has 0 radical (unpaired) electrons. The van der Waals surface area contributed by atoms with E-state index >= 15 is 0 Å². The van der Waals surface area contributed by atoms with E-state index in [-0.39, 0.29) is 72.7 Å². The first-order chi connectivity index (χ1) is 20.5. The molecule has 44 heavy (non-hydrogen) atoms. The molecular formula is C28H29F8N5O3. The van der Waals surface area contributed by atoms with Gasteiger partial charge in [0.25, 0.3) is 12.3 Å². The Morgan fingerprint density at radius 3 is 2.32 bits per heavy atom. The second-order valence-electron chi connectivity index (χ2n) is 10.6. The highest BCUT2D eigenvalue weighted by Gasteiger charge is 2.41. The normalized spacial score (nSPS) is 17.6. The molecule has 3 aromatic rings. The molecule has 4 rings (SSSR count). The van der Waals surface area contributed by atoms with Crippen LogP contribution in [0.5, 0.6) is 5.88 Å². The van der Waals surface area contributed by atoms with Crippen molar-refractivity contribution in [3.63, 3.8) is 0 Å². The molecule has 0 unspecified atom stereocenters.